The molecular weight excluding hydrogens is 550 g/mol. The Kier molecular flexibility index (Phi) is 15.8. The smallest absolute Gasteiger partial charge is 0.305 e. The van der Waals surface area contributed by atoms with E-state index in [9.17, 15) is 14.4 Å². The first kappa shape index (κ1) is 35.2. The van der Waals surface area contributed by atoms with Crippen molar-refractivity contribution in [3.63, 3.8) is 0 Å². The van der Waals surface area contributed by atoms with Gasteiger partial charge in [-0.25, -0.2) is 0 Å². The van der Waals surface area contributed by atoms with E-state index in [2.05, 4.69) is 10.2 Å². The summed E-state index contributed by atoms with van der Waals surface area (Å²) >= 11 is 0. The van der Waals surface area contributed by atoms with Crippen LogP contribution in [0.3, 0.4) is 0 Å². The molecular formula is C33H47N3O7. The van der Waals surface area contributed by atoms with Crippen LogP contribution in [0, 0.1) is 0 Å². The second-order valence-electron chi connectivity index (χ2n) is 10.6. The molecule has 0 aliphatic carbocycles. The molecule has 0 atom stereocenters. The van der Waals surface area contributed by atoms with Crippen molar-refractivity contribution in [3.8, 4) is 17.2 Å². The van der Waals surface area contributed by atoms with Crippen molar-refractivity contribution in [3.05, 3.63) is 53.6 Å². The Balaban J connectivity index is 1.86. The minimum absolute atomic E-state index is 0.0271. The molecule has 0 aliphatic heterocycles. The Morgan fingerprint density at radius 2 is 1.40 bits per heavy atom. The van der Waals surface area contributed by atoms with Crippen molar-refractivity contribution < 1.29 is 33.3 Å². The molecule has 0 spiro atoms. The van der Waals surface area contributed by atoms with Gasteiger partial charge in [0.2, 0.25) is 0 Å². The Hall–Kier alpha value is -3.95. The molecule has 0 saturated carbocycles. The number of hydrogen-bond donors (Lipinski definition) is 0. The lowest BCUT2D eigenvalue weighted by Crippen LogP contribution is -2.42. The monoisotopic (exact) mass is 597 g/mol. The van der Waals surface area contributed by atoms with Crippen LogP contribution in [0.25, 0.3) is 0 Å². The number of carbonyl (C=O) groups is 3. The largest absolute Gasteiger partial charge is 0.494 e. The molecule has 236 valence electrons. The zero-order chi connectivity index (χ0) is 31.6. The van der Waals surface area contributed by atoms with Gasteiger partial charge < -0.3 is 23.8 Å². The Bertz CT molecular complexity index is 1170. The molecule has 0 aromatic heterocycles. The van der Waals surface area contributed by atoms with E-state index >= 15 is 0 Å². The SMILES string of the molecule is CCOC(=O)CCCOc1cc(OCCCCCOc2ccc(CN=NC(C)=O)cc2)ccc1C(=O)N(C(C)C)C(C)C. The average molecular weight is 598 g/mol. The van der Waals surface area contributed by atoms with Crippen LogP contribution in [-0.2, 0) is 20.9 Å². The van der Waals surface area contributed by atoms with Crippen LogP contribution >= 0.6 is 0 Å². The lowest BCUT2D eigenvalue weighted by molar-refractivity contribution is -0.143. The summed E-state index contributed by atoms with van der Waals surface area (Å²) in [7, 11) is 0. The van der Waals surface area contributed by atoms with Gasteiger partial charge in [0.15, 0.2) is 0 Å². The first-order valence-corrected chi connectivity index (χ1v) is 15.1. The van der Waals surface area contributed by atoms with Crippen LogP contribution < -0.4 is 14.2 Å². The number of benzene rings is 2. The fourth-order valence-corrected chi connectivity index (χ4v) is 4.39. The van der Waals surface area contributed by atoms with Crippen molar-refractivity contribution in [2.24, 2.45) is 10.2 Å². The summed E-state index contributed by atoms with van der Waals surface area (Å²) in [5.74, 6) is 1.16. The summed E-state index contributed by atoms with van der Waals surface area (Å²) in [4.78, 5) is 37.8. The number of amides is 2. The standard InChI is InChI=1S/C33H47N3O7/c1-7-40-32(38)12-11-21-43-31-22-29(17-18-30(31)33(39)36(24(2)3)25(4)5)42-20-10-8-9-19-41-28-15-13-27(14-16-28)23-34-35-26(6)37/h13-18,22,24-25H,7-12,19-21,23H2,1-6H3. The summed E-state index contributed by atoms with van der Waals surface area (Å²) in [6.45, 7) is 13.2. The number of hydrogen-bond acceptors (Lipinski definition) is 8. The van der Waals surface area contributed by atoms with Gasteiger partial charge in [-0.05, 0) is 90.1 Å². The van der Waals surface area contributed by atoms with E-state index in [4.69, 9.17) is 18.9 Å². The Morgan fingerprint density at radius 3 is 2.00 bits per heavy atom. The number of esters is 1. The fourth-order valence-electron chi connectivity index (χ4n) is 4.39. The summed E-state index contributed by atoms with van der Waals surface area (Å²) in [5.41, 5.74) is 1.42. The van der Waals surface area contributed by atoms with Gasteiger partial charge in [0.1, 0.15) is 17.2 Å². The van der Waals surface area contributed by atoms with Gasteiger partial charge in [-0.3, -0.25) is 14.4 Å². The third kappa shape index (κ3) is 13.3. The van der Waals surface area contributed by atoms with Crippen molar-refractivity contribution >= 4 is 17.8 Å². The molecule has 2 aromatic rings. The Labute approximate surface area is 255 Å². The van der Waals surface area contributed by atoms with Gasteiger partial charge in [-0.1, -0.05) is 12.1 Å². The molecule has 0 saturated heterocycles. The number of ether oxygens (including phenoxy) is 4. The third-order valence-electron chi connectivity index (χ3n) is 6.33. The maximum Gasteiger partial charge on any atom is 0.305 e. The number of carbonyl (C=O) groups excluding carboxylic acids is 3. The molecule has 0 aliphatic rings. The van der Waals surface area contributed by atoms with Gasteiger partial charge in [0, 0.05) is 31.5 Å². The highest BCUT2D eigenvalue weighted by molar-refractivity contribution is 5.97. The number of unbranched alkanes of at least 4 members (excludes halogenated alkanes) is 2. The maximum absolute atomic E-state index is 13.4. The predicted molar refractivity (Wildman–Crippen MR) is 165 cm³/mol. The van der Waals surface area contributed by atoms with Gasteiger partial charge >= 0.3 is 5.97 Å². The molecule has 2 aromatic carbocycles. The van der Waals surface area contributed by atoms with E-state index < -0.39 is 0 Å². The minimum Gasteiger partial charge on any atom is -0.494 e. The fraction of sp³-hybridized carbons (Fsp3) is 0.545. The van der Waals surface area contributed by atoms with Gasteiger partial charge in [-0.15, -0.1) is 5.11 Å². The molecule has 0 N–H and O–H groups in total. The van der Waals surface area contributed by atoms with Gasteiger partial charge in [-0.2, -0.15) is 5.11 Å². The van der Waals surface area contributed by atoms with Crippen LogP contribution in [0.5, 0.6) is 17.2 Å². The minimum atomic E-state index is -0.312. The molecule has 2 rings (SSSR count). The maximum atomic E-state index is 13.4. The van der Waals surface area contributed by atoms with Crippen molar-refractivity contribution in [2.75, 3.05) is 26.4 Å². The molecule has 43 heavy (non-hydrogen) atoms. The first-order chi connectivity index (χ1) is 20.6. The number of azo groups is 1. The van der Waals surface area contributed by atoms with E-state index in [1.807, 2.05) is 56.9 Å². The zero-order valence-electron chi connectivity index (χ0n) is 26.5. The quantitative estimate of drug-likeness (QED) is 0.0994. The van der Waals surface area contributed by atoms with Crippen molar-refractivity contribution in [1.82, 2.24) is 4.90 Å². The zero-order valence-corrected chi connectivity index (χ0v) is 26.5. The highest BCUT2D eigenvalue weighted by atomic mass is 16.5. The number of rotatable bonds is 19. The summed E-state index contributed by atoms with van der Waals surface area (Å²) in [5, 5.41) is 7.36. The molecule has 0 heterocycles. The van der Waals surface area contributed by atoms with E-state index in [1.54, 1.807) is 25.1 Å². The predicted octanol–water partition coefficient (Wildman–Crippen LogP) is 6.79. The first-order valence-electron chi connectivity index (χ1n) is 15.1. The van der Waals surface area contributed by atoms with Gasteiger partial charge in [0.05, 0.1) is 38.5 Å². The molecule has 2 amide bonds. The van der Waals surface area contributed by atoms with E-state index in [1.165, 1.54) is 6.92 Å². The second kappa shape index (κ2) is 19.3. The van der Waals surface area contributed by atoms with Crippen LogP contribution in [0.4, 0.5) is 0 Å². The van der Waals surface area contributed by atoms with Crippen molar-refractivity contribution in [1.29, 1.82) is 0 Å². The lowest BCUT2D eigenvalue weighted by atomic mass is 10.1. The van der Waals surface area contributed by atoms with Crippen molar-refractivity contribution in [2.45, 2.75) is 92.3 Å². The normalized spacial score (nSPS) is 11.2. The average Bonchev–Trinajstić information content (AvgIpc) is 2.95. The summed E-state index contributed by atoms with van der Waals surface area (Å²) < 4.78 is 22.8. The molecule has 0 fully saturated rings. The molecule has 0 bridgehead atoms. The van der Waals surface area contributed by atoms with E-state index in [-0.39, 0.29) is 42.9 Å². The molecule has 0 unspecified atom stereocenters. The molecule has 10 nitrogen and oxygen atoms in total. The summed E-state index contributed by atoms with van der Waals surface area (Å²) in [6.07, 6.45) is 3.38. The van der Waals surface area contributed by atoms with Crippen LogP contribution in [0.1, 0.15) is 89.6 Å². The number of nitrogens with zero attached hydrogens (tertiary/aromatic N) is 3. The van der Waals surface area contributed by atoms with Crippen LogP contribution in [0.2, 0.25) is 0 Å². The van der Waals surface area contributed by atoms with Crippen LogP contribution in [0.15, 0.2) is 52.7 Å². The van der Waals surface area contributed by atoms with Gasteiger partial charge in [0.25, 0.3) is 11.8 Å². The molecule has 0 radical (unpaired) electrons. The second-order valence-corrected chi connectivity index (χ2v) is 10.6. The lowest BCUT2D eigenvalue weighted by Gasteiger charge is -2.31. The third-order valence-corrected chi connectivity index (χ3v) is 6.33. The van der Waals surface area contributed by atoms with Crippen LogP contribution in [-0.4, -0.2) is 61.2 Å². The van der Waals surface area contributed by atoms with E-state index in [0.29, 0.717) is 49.8 Å². The highest BCUT2D eigenvalue weighted by Crippen LogP contribution is 2.28. The highest BCUT2D eigenvalue weighted by Gasteiger charge is 2.25. The van der Waals surface area contributed by atoms with E-state index in [0.717, 1.165) is 30.6 Å². The Morgan fingerprint density at radius 1 is 0.791 bits per heavy atom. The molecule has 10 heteroatoms. The topological polar surface area (TPSA) is 116 Å². The summed E-state index contributed by atoms with van der Waals surface area (Å²) in [6, 6.07) is 12.9.